The van der Waals surface area contributed by atoms with E-state index in [-0.39, 0.29) is 0 Å². The van der Waals surface area contributed by atoms with Gasteiger partial charge in [-0.05, 0) is 49.4 Å². The molecule has 2 saturated heterocycles. The summed E-state index contributed by atoms with van der Waals surface area (Å²) in [5.41, 5.74) is 2.98. The number of hydrogen-bond donors (Lipinski definition) is 1. The van der Waals surface area contributed by atoms with Crippen molar-refractivity contribution < 1.29 is 0 Å². The maximum absolute atomic E-state index is 3.81. The lowest BCUT2D eigenvalue weighted by Crippen LogP contribution is -2.43. The molecule has 0 aromatic heterocycles. The minimum absolute atomic E-state index is 0.744. The Kier molecular flexibility index (Phi) is 3.67. The van der Waals surface area contributed by atoms with Gasteiger partial charge >= 0.3 is 0 Å². The third kappa shape index (κ3) is 2.45. The molecule has 1 aromatic carbocycles. The monoisotopic (exact) mass is 244 g/mol. The summed E-state index contributed by atoms with van der Waals surface area (Å²) in [5.74, 6) is 0.896. The lowest BCUT2D eigenvalue weighted by Gasteiger charge is -2.31. The predicted molar refractivity (Wildman–Crippen MR) is 75.6 cm³/mol. The topological polar surface area (TPSA) is 15.3 Å². The predicted octanol–water partition coefficient (Wildman–Crippen LogP) is 2.43. The molecule has 2 heteroatoms. The van der Waals surface area contributed by atoms with Gasteiger partial charge in [-0.15, -0.1) is 0 Å². The Morgan fingerprint density at radius 3 is 2.78 bits per heavy atom. The smallest absolute Gasteiger partial charge is 0.0210 e. The highest BCUT2D eigenvalue weighted by atomic mass is 15.2. The molecule has 0 radical (unpaired) electrons. The van der Waals surface area contributed by atoms with E-state index in [1.54, 1.807) is 0 Å². The summed E-state index contributed by atoms with van der Waals surface area (Å²) in [6.45, 7) is 7.24. The van der Waals surface area contributed by atoms with Gasteiger partial charge in [-0.3, -0.25) is 0 Å². The number of nitrogens with zero attached hydrogens (tertiary/aromatic N) is 1. The highest BCUT2D eigenvalue weighted by Gasteiger charge is 2.33. The standard InChI is InChI=1S/C16H24N2/c1-2-13-5-3-4-6-14(13)11-17-16-8-10-18-9-7-15(16)12-18/h3-6,15-17H,2,7-12H2,1H3. The Bertz CT molecular complexity index is 402. The van der Waals surface area contributed by atoms with E-state index < -0.39 is 0 Å². The number of aryl methyl sites for hydroxylation is 1. The number of benzene rings is 1. The normalized spacial score (nSPS) is 30.6. The van der Waals surface area contributed by atoms with Crippen molar-refractivity contribution in [3.8, 4) is 0 Å². The zero-order valence-electron chi connectivity index (χ0n) is 11.4. The van der Waals surface area contributed by atoms with E-state index in [1.807, 2.05) is 0 Å². The van der Waals surface area contributed by atoms with Gasteiger partial charge in [-0.2, -0.15) is 0 Å². The van der Waals surface area contributed by atoms with Crippen molar-refractivity contribution in [1.29, 1.82) is 0 Å². The van der Waals surface area contributed by atoms with E-state index in [2.05, 4.69) is 41.4 Å². The second kappa shape index (κ2) is 5.41. The van der Waals surface area contributed by atoms with Crippen molar-refractivity contribution in [3.63, 3.8) is 0 Å². The van der Waals surface area contributed by atoms with Crippen LogP contribution >= 0.6 is 0 Å². The molecule has 0 amide bonds. The van der Waals surface area contributed by atoms with Crippen LogP contribution in [0.2, 0.25) is 0 Å². The summed E-state index contributed by atoms with van der Waals surface area (Å²) >= 11 is 0. The molecular formula is C16H24N2. The molecule has 3 unspecified atom stereocenters. The van der Waals surface area contributed by atoms with Crippen molar-refractivity contribution in [2.75, 3.05) is 19.6 Å². The Morgan fingerprint density at radius 2 is 1.94 bits per heavy atom. The molecular weight excluding hydrogens is 220 g/mol. The molecule has 0 saturated carbocycles. The number of rotatable bonds is 4. The third-order valence-corrected chi connectivity index (χ3v) is 4.69. The van der Waals surface area contributed by atoms with Crippen LogP contribution in [-0.4, -0.2) is 30.6 Å². The van der Waals surface area contributed by atoms with Gasteiger partial charge in [0.25, 0.3) is 0 Å². The van der Waals surface area contributed by atoms with Crippen LogP contribution in [0.15, 0.2) is 24.3 Å². The van der Waals surface area contributed by atoms with Crippen molar-refractivity contribution in [2.24, 2.45) is 5.92 Å². The first-order chi connectivity index (χ1) is 8.86. The van der Waals surface area contributed by atoms with Gasteiger partial charge in [-0.25, -0.2) is 0 Å². The lowest BCUT2D eigenvalue weighted by atomic mass is 9.93. The zero-order chi connectivity index (χ0) is 12.4. The van der Waals surface area contributed by atoms with E-state index >= 15 is 0 Å². The molecule has 3 rings (SSSR count). The second-order valence-corrected chi connectivity index (χ2v) is 5.75. The summed E-state index contributed by atoms with van der Waals surface area (Å²) in [4.78, 5) is 2.61. The van der Waals surface area contributed by atoms with Crippen LogP contribution in [0.3, 0.4) is 0 Å². The Morgan fingerprint density at radius 1 is 1.17 bits per heavy atom. The van der Waals surface area contributed by atoms with Gasteiger partial charge in [0.15, 0.2) is 0 Å². The van der Waals surface area contributed by atoms with Gasteiger partial charge in [0.2, 0.25) is 0 Å². The van der Waals surface area contributed by atoms with Gasteiger partial charge in [0.1, 0.15) is 0 Å². The molecule has 2 bridgehead atoms. The van der Waals surface area contributed by atoms with Crippen molar-refractivity contribution in [1.82, 2.24) is 10.2 Å². The molecule has 2 heterocycles. The molecule has 1 aromatic rings. The number of fused-ring (bicyclic) bond motifs is 2. The first-order valence-electron chi connectivity index (χ1n) is 7.39. The fraction of sp³-hybridized carbons (Fsp3) is 0.625. The van der Waals surface area contributed by atoms with Crippen molar-refractivity contribution in [2.45, 2.75) is 38.8 Å². The molecule has 2 aliphatic heterocycles. The van der Waals surface area contributed by atoms with Crippen LogP contribution in [0.1, 0.15) is 30.9 Å². The minimum atomic E-state index is 0.744. The minimum Gasteiger partial charge on any atom is -0.310 e. The van der Waals surface area contributed by atoms with E-state index in [1.165, 1.54) is 43.6 Å². The summed E-state index contributed by atoms with van der Waals surface area (Å²) < 4.78 is 0. The fourth-order valence-corrected chi connectivity index (χ4v) is 3.54. The average molecular weight is 244 g/mol. The van der Waals surface area contributed by atoms with E-state index in [0.717, 1.165) is 24.9 Å². The first-order valence-corrected chi connectivity index (χ1v) is 7.39. The molecule has 0 aliphatic carbocycles. The van der Waals surface area contributed by atoms with Crippen LogP contribution in [0.25, 0.3) is 0 Å². The Labute approximate surface area is 110 Å². The maximum Gasteiger partial charge on any atom is 0.0210 e. The van der Waals surface area contributed by atoms with Gasteiger partial charge in [0, 0.05) is 19.1 Å². The number of nitrogens with one attached hydrogen (secondary N) is 1. The SMILES string of the molecule is CCc1ccccc1CNC1CCN2CCC1C2. The average Bonchev–Trinajstić information content (AvgIpc) is 2.81. The Hall–Kier alpha value is -0.860. The van der Waals surface area contributed by atoms with Crippen molar-refractivity contribution in [3.05, 3.63) is 35.4 Å². The van der Waals surface area contributed by atoms with Gasteiger partial charge in [-0.1, -0.05) is 31.2 Å². The molecule has 98 valence electrons. The van der Waals surface area contributed by atoms with E-state index in [9.17, 15) is 0 Å². The van der Waals surface area contributed by atoms with Crippen molar-refractivity contribution >= 4 is 0 Å². The van der Waals surface area contributed by atoms with Crippen LogP contribution in [0, 0.1) is 5.92 Å². The highest BCUT2D eigenvalue weighted by molar-refractivity contribution is 5.26. The quantitative estimate of drug-likeness (QED) is 0.875. The summed E-state index contributed by atoms with van der Waals surface area (Å²) in [5, 5.41) is 3.81. The molecule has 2 fully saturated rings. The van der Waals surface area contributed by atoms with Gasteiger partial charge in [0.05, 0.1) is 0 Å². The van der Waals surface area contributed by atoms with Crippen LogP contribution < -0.4 is 5.32 Å². The first kappa shape index (κ1) is 12.2. The molecule has 2 aliphatic rings. The molecule has 2 nitrogen and oxygen atoms in total. The summed E-state index contributed by atoms with van der Waals surface area (Å²) in [6.07, 6.45) is 3.87. The molecule has 0 spiro atoms. The van der Waals surface area contributed by atoms with Crippen LogP contribution in [-0.2, 0) is 13.0 Å². The van der Waals surface area contributed by atoms with Crippen LogP contribution in [0.5, 0.6) is 0 Å². The maximum atomic E-state index is 3.81. The van der Waals surface area contributed by atoms with E-state index in [4.69, 9.17) is 0 Å². The second-order valence-electron chi connectivity index (χ2n) is 5.75. The number of hydrogen-bond acceptors (Lipinski definition) is 2. The van der Waals surface area contributed by atoms with Crippen LogP contribution in [0.4, 0.5) is 0 Å². The highest BCUT2D eigenvalue weighted by Crippen LogP contribution is 2.27. The summed E-state index contributed by atoms with van der Waals surface area (Å²) in [6, 6.07) is 9.59. The third-order valence-electron chi connectivity index (χ3n) is 4.69. The molecule has 18 heavy (non-hydrogen) atoms. The molecule has 3 atom stereocenters. The molecule has 1 N–H and O–H groups in total. The van der Waals surface area contributed by atoms with Gasteiger partial charge < -0.3 is 10.2 Å². The zero-order valence-corrected chi connectivity index (χ0v) is 11.4. The number of piperidine rings is 1. The fourth-order valence-electron chi connectivity index (χ4n) is 3.54. The van der Waals surface area contributed by atoms with E-state index in [0.29, 0.717) is 0 Å². The Balaban J connectivity index is 1.60. The summed E-state index contributed by atoms with van der Waals surface area (Å²) in [7, 11) is 0. The largest absolute Gasteiger partial charge is 0.310 e. The lowest BCUT2D eigenvalue weighted by molar-refractivity contribution is 0.220.